The van der Waals surface area contributed by atoms with E-state index in [1.165, 1.54) is 19.1 Å². The first kappa shape index (κ1) is 11.7. The molecule has 2 rings (SSSR count). The van der Waals surface area contributed by atoms with Crippen molar-refractivity contribution in [2.45, 2.75) is 19.3 Å². The first-order chi connectivity index (χ1) is 8.09. The van der Waals surface area contributed by atoms with Crippen molar-refractivity contribution in [2.75, 3.05) is 13.2 Å². The van der Waals surface area contributed by atoms with Gasteiger partial charge in [-0.15, -0.1) is 0 Å². The highest BCUT2D eigenvalue weighted by molar-refractivity contribution is 5.76. The highest BCUT2D eigenvalue weighted by Crippen LogP contribution is 2.34. The summed E-state index contributed by atoms with van der Waals surface area (Å²) >= 11 is 0. The first-order valence-corrected chi connectivity index (χ1v) is 5.41. The van der Waals surface area contributed by atoms with E-state index in [1.54, 1.807) is 0 Å². The molecule has 0 saturated carbocycles. The third-order valence-corrected chi connectivity index (χ3v) is 2.70. The molecule has 1 heterocycles. The number of halogens is 1. The fourth-order valence-corrected chi connectivity index (χ4v) is 1.66. The van der Waals surface area contributed by atoms with E-state index in [2.05, 4.69) is 0 Å². The molecule has 0 bridgehead atoms. The molecule has 0 radical (unpaired) electrons. The topological polar surface area (TPSA) is 55.8 Å². The van der Waals surface area contributed by atoms with Gasteiger partial charge >= 0.3 is 5.97 Å². The summed E-state index contributed by atoms with van der Waals surface area (Å²) in [6, 6.07) is 2.60. The Hall–Kier alpha value is -1.78. The third kappa shape index (κ3) is 2.33. The van der Waals surface area contributed by atoms with Crippen molar-refractivity contribution in [3.8, 4) is 11.5 Å². The summed E-state index contributed by atoms with van der Waals surface area (Å²) < 4.78 is 24.4. The fraction of sp³-hybridized carbons (Fsp3) is 0.417. The molecule has 1 aromatic carbocycles. The van der Waals surface area contributed by atoms with Crippen LogP contribution in [-0.2, 0) is 4.79 Å². The molecular weight excluding hydrogens is 227 g/mol. The minimum Gasteiger partial charge on any atom is -0.490 e. The molecule has 4 nitrogen and oxygen atoms in total. The smallest absolute Gasteiger partial charge is 0.310 e. The molecule has 0 spiro atoms. The molecule has 1 N–H and O–H groups in total. The molecule has 1 unspecified atom stereocenters. The lowest BCUT2D eigenvalue weighted by atomic mass is 10.0. The van der Waals surface area contributed by atoms with Crippen LogP contribution in [0.5, 0.6) is 11.5 Å². The summed E-state index contributed by atoms with van der Waals surface area (Å²) in [5.74, 6) is -1.82. The van der Waals surface area contributed by atoms with E-state index in [4.69, 9.17) is 14.6 Å². The van der Waals surface area contributed by atoms with Crippen molar-refractivity contribution in [3.05, 3.63) is 23.5 Å². The van der Waals surface area contributed by atoms with E-state index in [1.807, 2.05) is 0 Å². The molecule has 0 saturated heterocycles. The Morgan fingerprint density at radius 2 is 1.94 bits per heavy atom. The number of hydrogen-bond donors (Lipinski definition) is 1. The predicted octanol–water partition coefficient (Wildman–Crippen LogP) is 2.18. The summed E-state index contributed by atoms with van der Waals surface area (Å²) in [7, 11) is 0. The summed E-state index contributed by atoms with van der Waals surface area (Å²) in [5, 5.41) is 8.88. The van der Waals surface area contributed by atoms with E-state index < -0.39 is 17.7 Å². The van der Waals surface area contributed by atoms with Crippen LogP contribution >= 0.6 is 0 Å². The van der Waals surface area contributed by atoms with Crippen molar-refractivity contribution >= 4 is 5.97 Å². The number of rotatable bonds is 2. The average molecular weight is 240 g/mol. The summed E-state index contributed by atoms with van der Waals surface area (Å²) in [5.41, 5.74) is 0.113. The fourth-order valence-electron chi connectivity index (χ4n) is 1.66. The van der Waals surface area contributed by atoms with Gasteiger partial charge in [0, 0.05) is 18.1 Å². The SMILES string of the molecule is CC(C(=O)O)c1cc2c(cc1F)OCCCO2. The quantitative estimate of drug-likeness (QED) is 0.860. The molecule has 5 heteroatoms. The molecular formula is C12H13FO4. The Bertz CT molecular complexity index is 444. The maximum atomic E-state index is 13.7. The highest BCUT2D eigenvalue weighted by atomic mass is 19.1. The number of carbonyl (C=O) groups is 1. The second-order valence-corrected chi connectivity index (χ2v) is 3.93. The normalized spacial score (nSPS) is 16.1. The summed E-state index contributed by atoms with van der Waals surface area (Å²) in [6.07, 6.45) is 0.722. The van der Waals surface area contributed by atoms with Gasteiger partial charge in [-0.05, 0) is 13.0 Å². The van der Waals surface area contributed by atoms with Gasteiger partial charge in [0.15, 0.2) is 11.5 Å². The zero-order valence-corrected chi connectivity index (χ0v) is 9.40. The van der Waals surface area contributed by atoms with Crippen LogP contribution in [0.4, 0.5) is 4.39 Å². The van der Waals surface area contributed by atoms with Crippen LogP contribution in [0.15, 0.2) is 12.1 Å². The van der Waals surface area contributed by atoms with E-state index in [0.29, 0.717) is 24.7 Å². The molecule has 0 fully saturated rings. The van der Waals surface area contributed by atoms with E-state index in [9.17, 15) is 9.18 Å². The monoisotopic (exact) mass is 240 g/mol. The number of hydrogen-bond acceptors (Lipinski definition) is 3. The Morgan fingerprint density at radius 3 is 2.53 bits per heavy atom. The Morgan fingerprint density at radius 1 is 1.35 bits per heavy atom. The Kier molecular flexibility index (Phi) is 3.17. The van der Waals surface area contributed by atoms with Crippen LogP contribution in [0, 0.1) is 5.82 Å². The zero-order chi connectivity index (χ0) is 12.4. The molecule has 1 aliphatic rings. The maximum absolute atomic E-state index is 13.7. The minimum atomic E-state index is -1.07. The number of carboxylic acids is 1. The zero-order valence-electron chi connectivity index (χ0n) is 9.40. The van der Waals surface area contributed by atoms with Crippen molar-refractivity contribution in [3.63, 3.8) is 0 Å². The van der Waals surface area contributed by atoms with E-state index >= 15 is 0 Å². The van der Waals surface area contributed by atoms with Crippen LogP contribution < -0.4 is 9.47 Å². The van der Waals surface area contributed by atoms with Crippen molar-refractivity contribution in [2.24, 2.45) is 0 Å². The van der Waals surface area contributed by atoms with Crippen molar-refractivity contribution < 1.29 is 23.8 Å². The van der Waals surface area contributed by atoms with Crippen molar-refractivity contribution in [1.82, 2.24) is 0 Å². The second-order valence-electron chi connectivity index (χ2n) is 3.93. The van der Waals surface area contributed by atoms with Gasteiger partial charge in [0.2, 0.25) is 0 Å². The lowest BCUT2D eigenvalue weighted by Gasteiger charge is -2.13. The number of ether oxygens (including phenoxy) is 2. The molecule has 1 atom stereocenters. The van der Waals surface area contributed by atoms with Gasteiger partial charge in [0.25, 0.3) is 0 Å². The molecule has 0 aliphatic carbocycles. The molecule has 17 heavy (non-hydrogen) atoms. The van der Waals surface area contributed by atoms with Crippen LogP contribution in [0.2, 0.25) is 0 Å². The van der Waals surface area contributed by atoms with Gasteiger partial charge in [-0.1, -0.05) is 0 Å². The van der Waals surface area contributed by atoms with E-state index in [-0.39, 0.29) is 5.56 Å². The number of fused-ring (bicyclic) bond motifs is 1. The number of benzene rings is 1. The van der Waals surface area contributed by atoms with Gasteiger partial charge in [-0.25, -0.2) is 4.39 Å². The van der Waals surface area contributed by atoms with Gasteiger partial charge in [0.05, 0.1) is 19.1 Å². The van der Waals surface area contributed by atoms with E-state index in [0.717, 1.165) is 6.42 Å². The largest absolute Gasteiger partial charge is 0.490 e. The third-order valence-electron chi connectivity index (χ3n) is 2.70. The Labute approximate surface area is 98.0 Å². The second kappa shape index (κ2) is 4.61. The standard InChI is InChI=1S/C12H13FO4/c1-7(12(14)15)8-5-10-11(6-9(8)13)17-4-2-3-16-10/h5-7H,2-4H2,1H3,(H,14,15). The Balaban J connectivity index is 2.42. The van der Waals surface area contributed by atoms with Crippen LogP contribution in [0.1, 0.15) is 24.8 Å². The predicted molar refractivity (Wildman–Crippen MR) is 58.1 cm³/mol. The molecule has 0 aromatic heterocycles. The van der Waals surface area contributed by atoms with Crippen LogP contribution in [-0.4, -0.2) is 24.3 Å². The van der Waals surface area contributed by atoms with Crippen molar-refractivity contribution in [1.29, 1.82) is 0 Å². The first-order valence-electron chi connectivity index (χ1n) is 5.41. The minimum absolute atomic E-state index is 0.113. The number of carboxylic acid groups (broad SMARTS) is 1. The lowest BCUT2D eigenvalue weighted by Crippen LogP contribution is -2.10. The van der Waals surface area contributed by atoms with Gasteiger partial charge < -0.3 is 14.6 Å². The average Bonchev–Trinajstić information content (AvgIpc) is 2.51. The molecule has 1 aliphatic heterocycles. The maximum Gasteiger partial charge on any atom is 0.310 e. The highest BCUT2D eigenvalue weighted by Gasteiger charge is 2.22. The van der Waals surface area contributed by atoms with Gasteiger partial charge in [-0.3, -0.25) is 4.79 Å². The molecule has 0 amide bonds. The van der Waals surface area contributed by atoms with Gasteiger partial charge in [-0.2, -0.15) is 0 Å². The number of aliphatic carboxylic acids is 1. The summed E-state index contributed by atoms with van der Waals surface area (Å²) in [6.45, 7) is 2.39. The lowest BCUT2D eigenvalue weighted by molar-refractivity contribution is -0.138. The molecule has 1 aromatic rings. The van der Waals surface area contributed by atoms with Crippen LogP contribution in [0.3, 0.4) is 0 Å². The van der Waals surface area contributed by atoms with Gasteiger partial charge in [0.1, 0.15) is 5.82 Å². The summed E-state index contributed by atoms with van der Waals surface area (Å²) in [4.78, 5) is 10.8. The van der Waals surface area contributed by atoms with Crippen LogP contribution in [0.25, 0.3) is 0 Å². The molecule has 92 valence electrons.